The zero-order valence-electron chi connectivity index (χ0n) is 23.1. The van der Waals surface area contributed by atoms with Gasteiger partial charge in [0, 0.05) is 11.3 Å². The number of fused-ring (bicyclic) bond motifs is 7. The van der Waals surface area contributed by atoms with Crippen LogP contribution in [0.1, 0.15) is 93.4 Å². The molecule has 0 aromatic rings. The highest BCUT2D eigenvalue weighted by atomic mass is 16.4. The first-order valence-electron chi connectivity index (χ1n) is 13.8. The molecule has 3 saturated carbocycles. The summed E-state index contributed by atoms with van der Waals surface area (Å²) >= 11 is 0. The Labute approximate surface area is 216 Å². The lowest BCUT2D eigenvalue weighted by atomic mass is 9.34. The maximum Gasteiger partial charge on any atom is 0.309 e. The minimum absolute atomic E-state index is 0.0185. The lowest BCUT2D eigenvalue weighted by molar-refractivity contribution is -0.189. The molecule has 5 rings (SSSR count). The van der Waals surface area contributed by atoms with Crippen molar-refractivity contribution in [3.63, 3.8) is 0 Å². The fourth-order valence-electron chi connectivity index (χ4n) is 10.2. The van der Waals surface area contributed by atoms with Crippen LogP contribution in [0.3, 0.4) is 0 Å². The van der Waals surface area contributed by atoms with E-state index in [9.17, 15) is 25.1 Å². The van der Waals surface area contributed by atoms with Crippen LogP contribution in [0.2, 0.25) is 0 Å². The monoisotopic (exact) mass is 493 g/mol. The van der Waals surface area contributed by atoms with Crippen LogP contribution in [0, 0.1) is 61.6 Å². The number of carboxylic acid groups (broad SMARTS) is 1. The second-order valence-electron chi connectivity index (χ2n) is 14.9. The van der Waals surface area contributed by atoms with Crippen LogP contribution in [0.15, 0.2) is 23.3 Å². The van der Waals surface area contributed by atoms with Gasteiger partial charge in [0.1, 0.15) is 0 Å². The fraction of sp³-hybridized carbons (Fsp3) is 0.774. The summed E-state index contributed by atoms with van der Waals surface area (Å²) < 4.78 is 0. The molecule has 0 aliphatic heterocycles. The molecule has 36 heavy (non-hydrogen) atoms. The number of carbonyl (C=O) groups excluding carboxylic acids is 1. The van der Waals surface area contributed by atoms with Gasteiger partial charge in [0.2, 0.25) is 0 Å². The summed E-state index contributed by atoms with van der Waals surface area (Å²) in [6.07, 6.45) is 8.46. The molecular weight excluding hydrogens is 450 g/mol. The van der Waals surface area contributed by atoms with Crippen LogP contribution < -0.4 is 0 Å². The summed E-state index contributed by atoms with van der Waals surface area (Å²) in [5.41, 5.74) is -0.925. The Morgan fingerprint density at radius 2 is 1.67 bits per heavy atom. The summed E-state index contributed by atoms with van der Waals surface area (Å²) in [6.45, 7) is 15.3. The molecule has 0 bridgehead atoms. The van der Waals surface area contributed by atoms with E-state index in [2.05, 4.69) is 54.5 Å². The Hall–Kier alpha value is -1.93. The van der Waals surface area contributed by atoms with Gasteiger partial charge >= 0.3 is 5.97 Å². The number of allylic oxidation sites excluding steroid dienone is 3. The van der Waals surface area contributed by atoms with E-state index in [1.807, 2.05) is 12.2 Å². The minimum atomic E-state index is -0.816. The molecule has 0 aromatic heterocycles. The SMILES string of the molecule is CC1(C)CCC2(C(=O)O)CCC3(C)C(C(=O)C=C4C5(C)C=C(C#N)C(O)C(C)(C)C5CCC43C)C2C1. The number of aliphatic carboxylic acids is 1. The second kappa shape index (κ2) is 7.34. The number of hydrogen-bond donors (Lipinski definition) is 2. The van der Waals surface area contributed by atoms with Crippen molar-refractivity contribution in [3.05, 3.63) is 23.3 Å². The summed E-state index contributed by atoms with van der Waals surface area (Å²) in [6, 6.07) is 2.25. The Morgan fingerprint density at radius 1 is 1.03 bits per heavy atom. The molecule has 5 aliphatic carbocycles. The maximum atomic E-state index is 14.3. The second-order valence-corrected chi connectivity index (χ2v) is 14.9. The number of nitriles is 1. The van der Waals surface area contributed by atoms with Crippen molar-refractivity contribution in [2.75, 3.05) is 0 Å². The molecule has 0 radical (unpaired) electrons. The number of aliphatic hydroxyl groups is 1. The quantitative estimate of drug-likeness (QED) is 0.461. The molecule has 5 aliphatic rings. The molecule has 8 unspecified atom stereocenters. The normalized spacial score (nSPS) is 48.7. The van der Waals surface area contributed by atoms with Crippen molar-refractivity contribution in [2.45, 2.75) is 99.5 Å². The van der Waals surface area contributed by atoms with Gasteiger partial charge in [0.25, 0.3) is 0 Å². The molecular formula is C31H43NO4. The van der Waals surface area contributed by atoms with Gasteiger partial charge in [-0.05, 0) is 84.5 Å². The van der Waals surface area contributed by atoms with Gasteiger partial charge in [-0.1, -0.05) is 60.1 Å². The van der Waals surface area contributed by atoms with Crippen LogP contribution >= 0.6 is 0 Å². The zero-order chi connectivity index (χ0) is 26.7. The van der Waals surface area contributed by atoms with E-state index in [-0.39, 0.29) is 39.8 Å². The molecule has 0 saturated heterocycles. The predicted molar refractivity (Wildman–Crippen MR) is 138 cm³/mol. The van der Waals surface area contributed by atoms with Crippen molar-refractivity contribution in [1.82, 2.24) is 0 Å². The lowest BCUT2D eigenvalue weighted by Gasteiger charge is -2.69. The third-order valence-corrected chi connectivity index (χ3v) is 12.5. The molecule has 5 nitrogen and oxygen atoms in total. The summed E-state index contributed by atoms with van der Waals surface area (Å²) in [5.74, 6) is -1.01. The number of hydrogen-bond acceptors (Lipinski definition) is 4. The van der Waals surface area contributed by atoms with Crippen LogP contribution in [-0.4, -0.2) is 28.1 Å². The van der Waals surface area contributed by atoms with Gasteiger partial charge < -0.3 is 10.2 Å². The number of rotatable bonds is 1. The van der Waals surface area contributed by atoms with Crippen LogP contribution in [0.4, 0.5) is 0 Å². The van der Waals surface area contributed by atoms with Gasteiger partial charge in [-0.2, -0.15) is 5.26 Å². The average Bonchev–Trinajstić information content (AvgIpc) is 2.77. The average molecular weight is 494 g/mol. The van der Waals surface area contributed by atoms with E-state index in [0.29, 0.717) is 18.4 Å². The Bertz CT molecular complexity index is 1140. The van der Waals surface area contributed by atoms with E-state index in [1.54, 1.807) is 0 Å². The molecule has 2 N–H and O–H groups in total. The van der Waals surface area contributed by atoms with E-state index in [1.165, 1.54) is 0 Å². The standard InChI is InChI=1S/C31H43NO4/c1-26(2)10-12-31(25(35)36)13-11-30(7)23(19(31)16-26)20(33)14-22-28(5)15-18(17-32)24(34)27(3,4)21(28)8-9-29(22,30)6/h14-15,19,21,23-24,34H,8-13,16H2,1-7H3,(H,35,36). The van der Waals surface area contributed by atoms with E-state index >= 15 is 0 Å². The Balaban J connectivity index is 1.70. The van der Waals surface area contributed by atoms with Gasteiger partial charge in [-0.25, -0.2) is 0 Å². The number of carbonyl (C=O) groups is 2. The van der Waals surface area contributed by atoms with Gasteiger partial charge in [-0.3, -0.25) is 9.59 Å². The lowest BCUT2D eigenvalue weighted by Crippen LogP contribution is -2.66. The smallest absolute Gasteiger partial charge is 0.309 e. The van der Waals surface area contributed by atoms with Crippen LogP contribution in [0.25, 0.3) is 0 Å². The predicted octanol–water partition coefficient (Wildman–Crippen LogP) is 6.08. The highest BCUT2D eigenvalue weighted by Crippen LogP contribution is 2.74. The van der Waals surface area contributed by atoms with Gasteiger partial charge in [-0.15, -0.1) is 0 Å². The fourth-order valence-corrected chi connectivity index (χ4v) is 10.2. The van der Waals surface area contributed by atoms with Crippen molar-refractivity contribution in [2.24, 2.45) is 50.2 Å². The number of aliphatic hydroxyl groups excluding tert-OH is 1. The molecule has 8 atom stereocenters. The first kappa shape index (κ1) is 25.7. The van der Waals surface area contributed by atoms with Crippen molar-refractivity contribution >= 4 is 11.8 Å². The molecule has 0 aromatic carbocycles. The number of ketones is 1. The summed E-state index contributed by atoms with van der Waals surface area (Å²) in [5, 5.41) is 31.4. The molecule has 0 amide bonds. The van der Waals surface area contributed by atoms with E-state index in [0.717, 1.165) is 37.7 Å². The van der Waals surface area contributed by atoms with Crippen molar-refractivity contribution in [1.29, 1.82) is 5.26 Å². The van der Waals surface area contributed by atoms with Crippen molar-refractivity contribution < 1.29 is 19.8 Å². The third-order valence-electron chi connectivity index (χ3n) is 12.5. The number of nitrogens with zero attached hydrogens (tertiary/aromatic N) is 1. The molecule has 196 valence electrons. The summed E-state index contributed by atoms with van der Waals surface area (Å²) in [4.78, 5) is 27.0. The van der Waals surface area contributed by atoms with Crippen LogP contribution in [0.5, 0.6) is 0 Å². The largest absolute Gasteiger partial charge is 0.481 e. The van der Waals surface area contributed by atoms with E-state index in [4.69, 9.17) is 0 Å². The van der Waals surface area contributed by atoms with E-state index < -0.39 is 28.3 Å². The topological polar surface area (TPSA) is 98.4 Å². The third kappa shape index (κ3) is 2.91. The maximum absolute atomic E-state index is 14.3. The van der Waals surface area contributed by atoms with Gasteiger partial charge in [0.15, 0.2) is 5.78 Å². The Kier molecular flexibility index (Phi) is 5.24. The first-order chi connectivity index (χ1) is 16.5. The van der Waals surface area contributed by atoms with Gasteiger partial charge in [0.05, 0.1) is 23.2 Å². The minimum Gasteiger partial charge on any atom is -0.481 e. The molecule has 5 heteroatoms. The highest BCUT2D eigenvalue weighted by molar-refractivity contribution is 5.96. The Morgan fingerprint density at radius 3 is 2.28 bits per heavy atom. The molecule has 0 heterocycles. The molecule has 3 fully saturated rings. The van der Waals surface area contributed by atoms with Crippen LogP contribution in [-0.2, 0) is 9.59 Å². The first-order valence-corrected chi connectivity index (χ1v) is 13.8. The summed E-state index contributed by atoms with van der Waals surface area (Å²) in [7, 11) is 0. The number of carboxylic acids is 1. The molecule has 0 spiro atoms. The van der Waals surface area contributed by atoms with Crippen molar-refractivity contribution in [3.8, 4) is 6.07 Å². The highest BCUT2D eigenvalue weighted by Gasteiger charge is 2.70. The zero-order valence-corrected chi connectivity index (χ0v) is 23.1.